The van der Waals surface area contributed by atoms with Gasteiger partial charge in [0.25, 0.3) is 33.8 Å². The molecule has 9 aromatic heterocycles. The summed E-state index contributed by atoms with van der Waals surface area (Å²) in [6.45, 7) is 25.0. The van der Waals surface area contributed by atoms with Gasteiger partial charge < -0.3 is 48.3 Å². The number of aryl methyl sites for hydroxylation is 2. The highest BCUT2D eigenvalue weighted by Gasteiger charge is 2.29. The van der Waals surface area contributed by atoms with Crippen LogP contribution in [0.1, 0.15) is 115 Å². The smallest absolute Gasteiger partial charge is 0.334 e. The van der Waals surface area contributed by atoms with E-state index in [1.165, 1.54) is 36.4 Å². The van der Waals surface area contributed by atoms with E-state index in [9.17, 15) is 47.9 Å². The lowest BCUT2D eigenvalue weighted by atomic mass is 10.2. The van der Waals surface area contributed by atoms with Gasteiger partial charge >= 0.3 is 28.4 Å². The number of halogens is 4. The van der Waals surface area contributed by atoms with Gasteiger partial charge in [0.1, 0.15) is 12.5 Å². The molecule has 36 nitrogen and oxygen atoms in total. The van der Waals surface area contributed by atoms with Gasteiger partial charge in [0.05, 0.1) is 51.4 Å². The zero-order valence-electron chi connectivity index (χ0n) is 74.2. The Morgan fingerprint density at radius 1 is 0.411 bits per heavy atom. The molecule has 0 atom stereocenters. The molecule has 1 aliphatic rings. The molecule has 0 saturated carbocycles. The molecule has 0 spiro atoms. The van der Waals surface area contributed by atoms with Crippen molar-refractivity contribution in [3.05, 3.63) is 269 Å². The van der Waals surface area contributed by atoms with E-state index < -0.39 is 47.5 Å². The van der Waals surface area contributed by atoms with Gasteiger partial charge in [-0.3, -0.25) is 74.6 Å². The Labute approximate surface area is 770 Å². The van der Waals surface area contributed by atoms with Crippen molar-refractivity contribution in [3.8, 4) is 6.01 Å². The number of H-pyrrole nitrogens is 1. The third-order valence-corrected chi connectivity index (χ3v) is 23.1. The fourth-order valence-electron chi connectivity index (χ4n) is 14.1. The summed E-state index contributed by atoms with van der Waals surface area (Å²) in [5.41, 5.74) is 2.48. The summed E-state index contributed by atoms with van der Waals surface area (Å²) in [5, 5.41) is 36.4. The molecule has 5 N–H and O–H groups in total. The summed E-state index contributed by atoms with van der Waals surface area (Å²) in [5.74, 6) is 0.882. The van der Waals surface area contributed by atoms with Crippen LogP contribution in [-0.2, 0) is 101 Å². The molecule has 0 fully saturated rings. The number of unbranched alkanes of at least 4 members (excludes halogenated alkanes) is 1. The molecule has 4 aromatic carbocycles. The van der Waals surface area contributed by atoms with Crippen molar-refractivity contribution in [1.82, 2.24) is 84.3 Å². The number of rotatable bonds is 34. The van der Waals surface area contributed by atoms with Crippen LogP contribution in [0.25, 0.3) is 44.7 Å². The molecule has 1 aliphatic heterocycles. The van der Waals surface area contributed by atoms with Crippen LogP contribution in [0, 0.1) is 0 Å². The Morgan fingerprint density at radius 2 is 0.760 bits per heavy atom. The number of alkyl halides is 1. The molecule has 0 amide bonds. The van der Waals surface area contributed by atoms with E-state index in [-0.39, 0.29) is 109 Å². The lowest BCUT2D eigenvalue weighted by Crippen LogP contribution is -2.41. The van der Waals surface area contributed by atoms with E-state index in [0.29, 0.717) is 155 Å². The Kier molecular flexibility index (Phi) is 38.8. The molecule has 0 saturated heterocycles. The fraction of sp³-hybridized carbons (Fsp3) is 0.443. The van der Waals surface area contributed by atoms with Crippen LogP contribution in [0.15, 0.2) is 174 Å². The van der Waals surface area contributed by atoms with E-state index in [0.717, 1.165) is 50.3 Å². The molecule has 14 rings (SSSR count). The number of ether oxygens (including phenoxy) is 3. The number of aromatic amines is 1. The number of imidazole rings is 4. The van der Waals surface area contributed by atoms with Crippen LogP contribution in [0.3, 0.4) is 0 Å². The summed E-state index contributed by atoms with van der Waals surface area (Å²) >= 11 is 21.1. The molecular weight excluding hydrogens is 1860 g/mol. The fourth-order valence-corrected chi connectivity index (χ4v) is 15.5. The van der Waals surface area contributed by atoms with Gasteiger partial charge in [0, 0.05) is 93.5 Å². The molecule has 129 heavy (non-hydrogen) atoms. The monoisotopic (exact) mass is 1970 g/mol. The summed E-state index contributed by atoms with van der Waals surface area (Å²) in [4.78, 5) is 151. The second-order valence-electron chi connectivity index (χ2n) is 30.7. The van der Waals surface area contributed by atoms with Crippen molar-refractivity contribution in [1.29, 1.82) is 0 Å². The van der Waals surface area contributed by atoms with E-state index in [1.54, 1.807) is 18.3 Å². The third-order valence-electron chi connectivity index (χ3n) is 20.5. The van der Waals surface area contributed by atoms with Crippen molar-refractivity contribution >= 4 is 122 Å². The van der Waals surface area contributed by atoms with Crippen molar-refractivity contribution in [2.75, 3.05) is 50.7 Å². The lowest BCUT2D eigenvalue weighted by molar-refractivity contribution is 0.0854. The normalized spacial score (nSPS) is 11.6. The van der Waals surface area contributed by atoms with Gasteiger partial charge in [-0.1, -0.05) is 184 Å². The number of hydrogen-bond acceptors (Lipinski definition) is 22. The molecule has 13 aromatic rings. The molecule has 0 unspecified atom stereocenters. The van der Waals surface area contributed by atoms with Crippen LogP contribution in [0.2, 0.25) is 41.5 Å². The standard InChI is InChI=1S/C22H31ClN4O3Si.C19H24N4O4.C17H19ClN4O3.C15H15ClN4O3.C13H19N3O4.C2H5I/c1-5-6-12-25-20(28)18-19(27(22(25)29)16-30-13-14-31(2,3)4)24-21(23)26(18)15-17-10-8-7-9-11-17;1-3-21-16-15(17(25)22(19(21)26)11-8-12-24)23(18(20-16)27-4-2)13-14-9-6-5-7-10-14;1-2-20-14-13(15(24)21(17(20)25)9-6-10-23)22(16(18)19-14)11-12-7-4-3-5-8-12;16-14-17-12-11(20(14)9-10-5-2-1-3-6-10)13(22)19(7-4-8-21)15(23)18-12;1-3-15-11-9(8-10(14-11)20-4-2)12(18)16(13(15)19)6-5-7-17;1-2-3/h7-11H,5-6,12-16H2,1-4H3;5-7,9-10,24H,3-4,8,11-13H2,1-2H3;3-5,7-8,23H,2,6,9-11H2,1H3;1-3,5-6,21H,4,7-9H2,(H,18,23);17H,3-8H2,1-2H3;2H2,1H3. The second-order valence-corrected chi connectivity index (χ2v) is 38.8. The highest BCUT2D eigenvalue weighted by atomic mass is 127. The Balaban J connectivity index is 0.000000182. The number of fused-ring (bicyclic) bond motifs is 5. The maximum atomic E-state index is 13.3. The van der Waals surface area contributed by atoms with Crippen LogP contribution in [0.4, 0.5) is 5.82 Å². The summed E-state index contributed by atoms with van der Waals surface area (Å²) in [6.07, 6.45) is 3.27. The number of nitrogens with zero attached hydrogens (tertiary/aromatic N) is 18. The average molecular weight is 1970 g/mol. The first-order chi connectivity index (χ1) is 62.1. The minimum Gasteiger partial charge on any atom is -0.481 e. The van der Waals surface area contributed by atoms with Gasteiger partial charge in [0.15, 0.2) is 50.6 Å². The number of nitrogens with one attached hydrogen (secondary N) is 1. The van der Waals surface area contributed by atoms with Gasteiger partial charge in [-0.15, -0.1) is 0 Å². The van der Waals surface area contributed by atoms with Gasteiger partial charge in [-0.25, -0.2) is 24.0 Å². The van der Waals surface area contributed by atoms with Crippen molar-refractivity contribution in [3.63, 3.8) is 0 Å². The first-order valence-electron chi connectivity index (χ1n) is 42.9. The zero-order chi connectivity index (χ0) is 93.8. The maximum absolute atomic E-state index is 13.3. The minimum absolute atomic E-state index is 0.0465. The zero-order valence-corrected chi connectivity index (χ0v) is 79.6. The summed E-state index contributed by atoms with van der Waals surface area (Å²) < 4.78 is 36.3. The first-order valence-corrected chi connectivity index (χ1v) is 49.3. The number of aliphatic hydroxyl groups excluding tert-OH is 4. The van der Waals surface area contributed by atoms with E-state index in [1.807, 2.05) is 163 Å². The highest BCUT2D eigenvalue weighted by Crippen LogP contribution is 2.26. The predicted molar refractivity (Wildman–Crippen MR) is 513 cm³/mol. The largest absolute Gasteiger partial charge is 0.481 e. The third kappa shape index (κ3) is 25.0. The molecular formula is C88H113Cl3IN19O17Si. The van der Waals surface area contributed by atoms with Crippen LogP contribution >= 0.6 is 57.4 Å². The quantitative estimate of drug-likeness (QED) is 0.00824. The predicted octanol–water partition coefficient (Wildman–Crippen LogP) is 9.29. The van der Waals surface area contributed by atoms with Gasteiger partial charge in [-0.05, 0) is 134 Å². The average Bonchev–Trinajstić information content (AvgIpc) is 1.62. The topological polar surface area (TPSA) is 423 Å². The van der Waals surface area contributed by atoms with Crippen LogP contribution < -0.4 is 61.0 Å². The second kappa shape index (κ2) is 49.2. The number of aliphatic hydroxyl groups is 4. The number of aromatic nitrogens is 18. The van der Waals surface area contributed by atoms with E-state index in [2.05, 4.69) is 79.1 Å². The summed E-state index contributed by atoms with van der Waals surface area (Å²) in [7, 11) is -1.26. The molecule has 10 heterocycles. The first kappa shape index (κ1) is 102. The Bertz CT molecular complexity index is 6620. The van der Waals surface area contributed by atoms with Crippen molar-refractivity contribution in [2.24, 2.45) is 4.99 Å². The summed E-state index contributed by atoms with van der Waals surface area (Å²) in [6, 6.07) is 39.8. The highest BCUT2D eigenvalue weighted by molar-refractivity contribution is 14.1. The molecule has 0 aliphatic carbocycles. The molecule has 0 bridgehead atoms. The van der Waals surface area contributed by atoms with E-state index >= 15 is 0 Å². The maximum Gasteiger partial charge on any atom is 0.334 e. The number of benzene rings is 4. The van der Waals surface area contributed by atoms with Gasteiger partial charge in [-0.2, -0.15) is 24.9 Å². The molecule has 0 radical (unpaired) electrons. The lowest BCUT2D eigenvalue weighted by Gasteiger charge is -2.16. The van der Waals surface area contributed by atoms with Gasteiger partial charge in [0.2, 0.25) is 15.9 Å². The van der Waals surface area contributed by atoms with E-state index in [4.69, 9.17) is 69.4 Å². The Hall–Kier alpha value is -11.0. The minimum atomic E-state index is -1.26. The number of aliphatic imine (C=N–C) groups is 1. The number of hydrogen-bond donors (Lipinski definition) is 5. The van der Waals surface area contributed by atoms with Crippen LogP contribution in [0.5, 0.6) is 6.01 Å². The van der Waals surface area contributed by atoms with Crippen molar-refractivity contribution in [2.45, 2.75) is 204 Å². The molecule has 694 valence electrons. The van der Waals surface area contributed by atoms with Crippen LogP contribution in [-0.4, -0.2) is 169 Å². The Morgan fingerprint density at radius 3 is 1.16 bits per heavy atom. The SMILES string of the molecule is CCCCn1c(=O)c2c(nc(Cl)n2Cc2ccccc2)n(COCC[Si](C)(C)C)c1=O.CCI.CCOC1=Nc2c(c(=O)n(CCCO)c(=O)n2CC)C1.CCOc1nc2c(c(=O)n(CCCO)c(=O)n2CC)n1Cc1ccccc1.CCn1c(=O)n(CCCO)c(=O)c2c1nc(Cl)n2Cc1ccccc1.O=c1[nH]c2nc(Cl)n(Cc3ccccc3)c2c(=O)n1CCCO. The molecule has 41 heteroatoms. The van der Waals surface area contributed by atoms with Crippen molar-refractivity contribution < 1.29 is 34.6 Å².